The van der Waals surface area contributed by atoms with Gasteiger partial charge in [-0.05, 0) is 29.6 Å². The lowest BCUT2D eigenvalue weighted by atomic mass is 10.2. The van der Waals surface area contributed by atoms with Crippen LogP contribution in [0.3, 0.4) is 0 Å². The molecule has 6 heteroatoms. The highest BCUT2D eigenvalue weighted by Gasteiger charge is 2.13. The quantitative estimate of drug-likeness (QED) is 0.475. The summed E-state index contributed by atoms with van der Waals surface area (Å²) in [5, 5.41) is 9.99. The van der Waals surface area contributed by atoms with Gasteiger partial charge in [-0.3, -0.25) is 0 Å². The van der Waals surface area contributed by atoms with Crippen molar-refractivity contribution in [3.05, 3.63) is 11.3 Å². The Kier molecular flexibility index (Phi) is 4.71. The van der Waals surface area contributed by atoms with Gasteiger partial charge in [0.2, 0.25) is 0 Å². The second-order valence-electron chi connectivity index (χ2n) is 3.45. The van der Waals surface area contributed by atoms with Crippen molar-refractivity contribution < 1.29 is 0 Å². The highest BCUT2D eigenvalue weighted by atomic mass is 35.5. The third kappa shape index (κ3) is 2.94. The number of aryl methyl sites for hydroxylation is 1. The molecule has 1 rings (SSSR count). The van der Waals surface area contributed by atoms with Crippen LogP contribution in [-0.2, 0) is 6.42 Å². The van der Waals surface area contributed by atoms with E-state index in [1.165, 1.54) is 11.5 Å². The van der Waals surface area contributed by atoms with Crippen molar-refractivity contribution in [2.24, 2.45) is 4.99 Å². The van der Waals surface area contributed by atoms with Gasteiger partial charge in [0.15, 0.2) is 10.3 Å². The minimum absolute atomic E-state index is 0.350. The lowest BCUT2D eigenvalue weighted by Gasteiger charge is -2.07. The topological polar surface area (TPSA) is 52.3 Å². The maximum atomic E-state index is 9.06. The molecule has 0 atom stereocenters. The van der Waals surface area contributed by atoms with Crippen molar-refractivity contribution >= 4 is 33.4 Å². The third-order valence-electron chi connectivity index (χ3n) is 1.91. The smallest absolute Gasteiger partial charge is 0.199 e. The molecule has 0 saturated heterocycles. The van der Waals surface area contributed by atoms with Crippen LogP contribution >= 0.6 is 23.1 Å². The van der Waals surface area contributed by atoms with Gasteiger partial charge in [-0.25, -0.2) is 4.99 Å². The van der Waals surface area contributed by atoms with Crippen molar-refractivity contribution in [1.82, 2.24) is 9.27 Å². The first kappa shape index (κ1) is 12.9. The minimum Gasteiger partial charge on any atom is -0.353 e. The number of hydrogen-bond acceptors (Lipinski definition) is 4. The summed E-state index contributed by atoms with van der Waals surface area (Å²) in [4.78, 5) is 5.86. The fourth-order valence-electron chi connectivity index (χ4n) is 1.09. The van der Waals surface area contributed by atoms with Gasteiger partial charge in [0.1, 0.15) is 11.6 Å². The summed E-state index contributed by atoms with van der Waals surface area (Å²) in [6.07, 6.45) is 1.76. The molecule has 1 aromatic heterocycles. The van der Waals surface area contributed by atoms with Gasteiger partial charge < -0.3 is 4.90 Å². The molecule has 0 aliphatic heterocycles. The van der Waals surface area contributed by atoms with E-state index in [9.17, 15) is 0 Å². The Balaban J connectivity index is 3.07. The predicted molar refractivity (Wildman–Crippen MR) is 67.5 cm³/mol. The molecule has 0 aliphatic rings. The number of nitriles is 1. The number of rotatable bonds is 3. The summed E-state index contributed by atoms with van der Waals surface area (Å²) in [5.41, 5.74) is 1.36. The second-order valence-corrected chi connectivity index (χ2v) is 4.54. The van der Waals surface area contributed by atoms with Crippen LogP contribution in [0.4, 0.5) is 5.00 Å². The highest BCUT2D eigenvalue weighted by molar-refractivity contribution is 7.10. The van der Waals surface area contributed by atoms with E-state index in [1.807, 2.05) is 0 Å². The summed E-state index contributed by atoms with van der Waals surface area (Å²) in [7, 11) is 3.59. The van der Waals surface area contributed by atoms with Crippen LogP contribution < -0.4 is 0 Å². The summed E-state index contributed by atoms with van der Waals surface area (Å²) >= 11 is 7.13. The molecule has 0 unspecified atom stereocenters. The van der Waals surface area contributed by atoms with E-state index in [-0.39, 0.29) is 0 Å². The molecule has 0 aliphatic carbocycles. The molecule has 0 saturated carbocycles. The van der Waals surface area contributed by atoms with Crippen LogP contribution in [0.1, 0.15) is 24.6 Å². The summed E-state index contributed by atoms with van der Waals surface area (Å²) in [6.45, 7) is 2.05. The van der Waals surface area contributed by atoms with Crippen molar-refractivity contribution in [3.8, 4) is 6.07 Å². The Hall–Kier alpha value is -1.12. The number of aromatic nitrogens is 1. The van der Waals surface area contributed by atoms with E-state index < -0.39 is 0 Å². The zero-order valence-corrected chi connectivity index (χ0v) is 11.1. The Morgan fingerprint density at radius 3 is 2.81 bits per heavy atom. The van der Waals surface area contributed by atoms with Crippen molar-refractivity contribution in [1.29, 1.82) is 5.26 Å². The maximum absolute atomic E-state index is 9.06. The molecule has 1 heterocycles. The lowest BCUT2D eigenvalue weighted by Crippen LogP contribution is -2.15. The van der Waals surface area contributed by atoms with Gasteiger partial charge in [-0.1, -0.05) is 13.3 Å². The fraction of sp³-hybridized carbons (Fsp3) is 0.500. The van der Waals surface area contributed by atoms with E-state index in [0.717, 1.165) is 18.5 Å². The molecule has 4 nitrogen and oxygen atoms in total. The Morgan fingerprint density at radius 2 is 2.31 bits per heavy atom. The van der Waals surface area contributed by atoms with E-state index in [2.05, 4.69) is 22.4 Å². The van der Waals surface area contributed by atoms with Crippen LogP contribution in [0, 0.1) is 11.3 Å². The normalized spacial score (nSPS) is 11.3. The van der Waals surface area contributed by atoms with Gasteiger partial charge in [-0.15, -0.1) is 0 Å². The molecule has 0 aromatic carbocycles. The van der Waals surface area contributed by atoms with Crippen LogP contribution in [0.25, 0.3) is 0 Å². The number of aliphatic imine (C=N–C) groups is 1. The Bertz CT molecular complexity index is 431. The number of halogens is 1. The van der Waals surface area contributed by atoms with Gasteiger partial charge in [0.25, 0.3) is 0 Å². The zero-order chi connectivity index (χ0) is 12.1. The molecule has 0 fully saturated rings. The first-order chi connectivity index (χ1) is 7.60. The molecule has 0 spiro atoms. The first-order valence-electron chi connectivity index (χ1n) is 4.90. The molecule has 86 valence electrons. The molecule has 1 aromatic rings. The van der Waals surface area contributed by atoms with E-state index in [4.69, 9.17) is 16.9 Å². The monoisotopic (exact) mass is 256 g/mol. The Morgan fingerprint density at radius 1 is 1.62 bits per heavy atom. The van der Waals surface area contributed by atoms with Gasteiger partial charge in [-0.2, -0.15) is 9.64 Å². The van der Waals surface area contributed by atoms with Crippen molar-refractivity contribution in [3.63, 3.8) is 0 Å². The standard InChI is InChI=1S/C10H13ClN4S/c1-4-5-8-7(6-12)9(16-14-8)13-10(11)15(2)3/h4-5H2,1-3H3/b13-10+. The lowest BCUT2D eigenvalue weighted by molar-refractivity contribution is 0.635. The molecule has 0 radical (unpaired) electrons. The zero-order valence-electron chi connectivity index (χ0n) is 9.49. The van der Waals surface area contributed by atoms with Crippen LogP contribution in [-0.4, -0.2) is 28.7 Å². The van der Waals surface area contributed by atoms with E-state index >= 15 is 0 Å². The highest BCUT2D eigenvalue weighted by Crippen LogP contribution is 2.28. The minimum atomic E-state index is 0.350. The van der Waals surface area contributed by atoms with E-state index in [0.29, 0.717) is 15.9 Å². The van der Waals surface area contributed by atoms with Gasteiger partial charge in [0.05, 0.1) is 5.69 Å². The summed E-state index contributed by atoms with van der Waals surface area (Å²) in [6, 6.07) is 2.14. The molecule has 0 N–H and O–H groups in total. The predicted octanol–water partition coefficient (Wildman–Crippen LogP) is 2.76. The van der Waals surface area contributed by atoms with Gasteiger partial charge in [0, 0.05) is 14.1 Å². The van der Waals surface area contributed by atoms with E-state index in [1.54, 1.807) is 19.0 Å². The van der Waals surface area contributed by atoms with Crippen LogP contribution in [0.2, 0.25) is 0 Å². The first-order valence-corrected chi connectivity index (χ1v) is 6.05. The second kappa shape index (κ2) is 5.83. The van der Waals surface area contributed by atoms with Gasteiger partial charge >= 0.3 is 0 Å². The summed E-state index contributed by atoms with van der Waals surface area (Å²) in [5.74, 6) is 0. The molecular formula is C10H13ClN4S. The maximum Gasteiger partial charge on any atom is 0.199 e. The molecule has 0 amide bonds. The third-order valence-corrected chi connectivity index (χ3v) is 3.11. The number of amidine groups is 1. The number of nitrogens with zero attached hydrogens (tertiary/aromatic N) is 4. The van der Waals surface area contributed by atoms with Crippen molar-refractivity contribution in [2.75, 3.05) is 14.1 Å². The van der Waals surface area contributed by atoms with Crippen molar-refractivity contribution in [2.45, 2.75) is 19.8 Å². The SMILES string of the molecule is CCCc1nsc(/N=C(\Cl)N(C)C)c1C#N. The Labute approximate surface area is 104 Å². The largest absolute Gasteiger partial charge is 0.353 e. The van der Waals surface area contributed by atoms with Crippen LogP contribution in [0.5, 0.6) is 0 Å². The fourth-order valence-corrected chi connectivity index (χ4v) is 1.99. The average Bonchev–Trinajstić information content (AvgIpc) is 2.61. The molecular weight excluding hydrogens is 244 g/mol. The number of hydrogen-bond donors (Lipinski definition) is 0. The molecule has 16 heavy (non-hydrogen) atoms. The molecule has 0 bridgehead atoms. The summed E-state index contributed by atoms with van der Waals surface area (Å²) < 4.78 is 4.22. The van der Waals surface area contributed by atoms with Crippen LogP contribution in [0.15, 0.2) is 4.99 Å². The average molecular weight is 257 g/mol.